The lowest BCUT2D eigenvalue weighted by Gasteiger charge is -1.93. The predicted octanol–water partition coefficient (Wildman–Crippen LogP) is 1.34. The molecule has 13 heavy (non-hydrogen) atoms. The van der Waals surface area contributed by atoms with E-state index in [-0.39, 0.29) is 5.91 Å². The molecule has 1 aromatic carbocycles. The maximum atomic E-state index is 10.7. The number of rotatable bonds is 2. The maximum Gasteiger partial charge on any atom is 0.257 e. The Morgan fingerprint density at radius 2 is 2.31 bits per heavy atom. The van der Waals surface area contributed by atoms with Crippen LogP contribution in [0.3, 0.4) is 0 Å². The highest BCUT2D eigenvalue weighted by Crippen LogP contribution is 2.11. The predicted molar refractivity (Wildman–Crippen MR) is 52.8 cm³/mol. The number of amides is 1. The number of nitrogens with one attached hydrogen (secondary N) is 1. The van der Waals surface area contributed by atoms with E-state index in [4.69, 9.17) is 17.4 Å². The fourth-order valence-corrected chi connectivity index (χ4v) is 1.03. The van der Waals surface area contributed by atoms with Gasteiger partial charge >= 0.3 is 0 Å². The van der Waals surface area contributed by atoms with Crippen molar-refractivity contribution in [3.63, 3.8) is 0 Å². The Bertz CT molecular complexity index is 336. The Morgan fingerprint density at radius 1 is 1.54 bits per heavy atom. The highest BCUT2D eigenvalue weighted by atomic mass is 35.5. The molecular weight excluding hydrogens is 188 g/mol. The minimum atomic E-state index is -0.347. The molecule has 0 fully saturated rings. The van der Waals surface area contributed by atoms with Crippen LogP contribution >= 0.6 is 11.6 Å². The zero-order valence-corrected chi connectivity index (χ0v) is 7.58. The molecule has 1 rings (SSSR count). The normalized spacial score (nSPS) is 10.3. The van der Waals surface area contributed by atoms with Crippen LogP contribution in [0, 0.1) is 0 Å². The molecule has 3 nitrogen and oxygen atoms in total. The van der Waals surface area contributed by atoms with E-state index in [0.717, 1.165) is 5.56 Å². The van der Waals surface area contributed by atoms with Crippen molar-refractivity contribution in [1.82, 2.24) is 5.43 Å². The van der Waals surface area contributed by atoms with Crippen LogP contribution in [0.5, 0.6) is 0 Å². The van der Waals surface area contributed by atoms with Crippen LogP contribution in [0.1, 0.15) is 5.56 Å². The number of hydrazine groups is 1. The molecule has 0 unspecified atom stereocenters. The molecule has 0 aromatic heterocycles. The first-order valence-corrected chi connectivity index (χ1v) is 4.04. The molecule has 0 heterocycles. The van der Waals surface area contributed by atoms with E-state index >= 15 is 0 Å². The van der Waals surface area contributed by atoms with E-state index in [1.165, 1.54) is 6.08 Å². The van der Waals surface area contributed by atoms with Crippen LogP contribution in [0.25, 0.3) is 6.08 Å². The van der Waals surface area contributed by atoms with Crippen LogP contribution in [0.4, 0.5) is 0 Å². The second-order valence-electron chi connectivity index (χ2n) is 2.40. The fraction of sp³-hybridized carbons (Fsp3) is 0. The van der Waals surface area contributed by atoms with Crippen LogP contribution in [-0.4, -0.2) is 5.91 Å². The highest BCUT2D eigenvalue weighted by molar-refractivity contribution is 6.30. The number of halogens is 1. The number of hydrogen-bond acceptors (Lipinski definition) is 2. The molecule has 1 amide bonds. The van der Waals surface area contributed by atoms with Gasteiger partial charge in [0, 0.05) is 11.1 Å². The van der Waals surface area contributed by atoms with Crippen LogP contribution < -0.4 is 11.3 Å². The first-order chi connectivity index (χ1) is 6.22. The molecule has 3 N–H and O–H groups in total. The quantitative estimate of drug-likeness (QED) is 0.325. The Kier molecular flexibility index (Phi) is 3.49. The van der Waals surface area contributed by atoms with Crippen LogP contribution in [0.15, 0.2) is 30.3 Å². The van der Waals surface area contributed by atoms with Gasteiger partial charge in [-0.3, -0.25) is 10.2 Å². The lowest BCUT2D eigenvalue weighted by atomic mass is 10.2. The van der Waals surface area contributed by atoms with Crippen molar-refractivity contribution >= 4 is 23.6 Å². The van der Waals surface area contributed by atoms with Crippen LogP contribution in [0.2, 0.25) is 5.02 Å². The van der Waals surface area contributed by atoms with Crippen molar-refractivity contribution in [2.24, 2.45) is 5.84 Å². The average Bonchev–Trinajstić information content (AvgIpc) is 2.14. The van der Waals surface area contributed by atoms with Crippen molar-refractivity contribution in [3.05, 3.63) is 40.9 Å². The molecule has 0 spiro atoms. The van der Waals surface area contributed by atoms with Crippen molar-refractivity contribution in [2.45, 2.75) is 0 Å². The number of hydrogen-bond donors (Lipinski definition) is 2. The largest absolute Gasteiger partial charge is 0.291 e. The highest BCUT2D eigenvalue weighted by Gasteiger charge is 1.91. The van der Waals surface area contributed by atoms with Gasteiger partial charge in [-0.1, -0.05) is 23.7 Å². The third-order valence-corrected chi connectivity index (χ3v) is 1.65. The van der Waals surface area contributed by atoms with Crippen molar-refractivity contribution < 1.29 is 4.79 Å². The van der Waals surface area contributed by atoms with Crippen molar-refractivity contribution in [3.8, 4) is 0 Å². The molecule has 0 aliphatic rings. The smallest absolute Gasteiger partial charge is 0.257 e. The van der Waals surface area contributed by atoms with Crippen LogP contribution in [-0.2, 0) is 4.79 Å². The van der Waals surface area contributed by atoms with Gasteiger partial charge in [-0.05, 0) is 23.8 Å². The van der Waals surface area contributed by atoms with E-state index in [0.29, 0.717) is 5.02 Å². The van der Waals surface area contributed by atoms with Gasteiger partial charge < -0.3 is 0 Å². The minimum absolute atomic E-state index is 0.347. The number of nitrogens with two attached hydrogens (primary N) is 1. The van der Waals surface area contributed by atoms with Gasteiger partial charge in [0.1, 0.15) is 0 Å². The second-order valence-corrected chi connectivity index (χ2v) is 2.83. The molecular formula is C9H9ClN2O. The average molecular weight is 197 g/mol. The zero-order chi connectivity index (χ0) is 9.68. The lowest BCUT2D eigenvalue weighted by molar-refractivity contribution is -0.116. The number of carbonyl (C=O) groups is 1. The summed E-state index contributed by atoms with van der Waals surface area (Å²) in [6, 6.07) is 7.16. The zero-order valence-electron chi connectivity index (χ0n) is 6.83. The standard InChI is InChI=1S/C9H9ClN2O/c10-8-3-1-2-7(6-8)4-5-9(13)12-11/h1-6H,11H2,(H,12,13)/b5-4+. The molecule has 0 bridgehead atoms. The molecule has 0 aliphatic heterocycles. The third kappa shape index (κ3) is 3.27. The first-order valence-electron chi connectivity index (χ1n) is 3.66. The van der Waals surface area contributed by atoms with Gasteiger partial charge in [0.15, 0.2) is 0 Å². The van der Waals surface area contributed by atoms with Gasteiger partial charge in [0.05, 0.1) is 0 Å². The second kappa shape index (κ2) is 4.64. The van der Waals surface area contributed by atoms with E-state index in [2.05, 4.69) is 0 Å². The molecule has 68 valence electrons. The summed E-state index contributed by atoms with van der Waals surface area (Å²) in [4.78, 5) is 10.7. The van der Waals surface area contributed by atoms with Gasteiger partial charge in [-0.15, -0.1) is 0 Å². The van der Waals surface area contributed by atoms with Gasteiger partial charge in [-0.25, -0.2) is 5.84 Å². The summed E-state index contributed by atoms with van der Waals surface area (Å²) in [5.74, 6) is 4.54. The summed E-state index contributed by atoms with van der Waals surface area (Å²) in [6.07, 6.45) is 2.97. The summed E-state index contributed by atoms with van der Waals surface area (Å²) in [5.41, 5.74) is 2.85. The molecule has 4 heteroatoms. The SMILES string of the molecule is NNC(=O)/C=C/c1cccc(Cl)c1. The Hall–Kier alpha value is -1.32. The van der Waals surface area contributed by atoms with Gasteiger partial charge in [-0.2, -0.15) is 0 Å². The van der Waals surface area contributed by atoms with E-state index in [9.17, 15) is 4.79 Å². The number of benzene rings is 1. The van der Waals surface area contributed by atoms with E-state index < -0.39 is 0 Å². The summed E-state index contributed by atoms with van der Waals surface area (Å²) < 4.78 is 0. The molecule has 0 radical (unpaired) electrons. The Labute approximate surface area is 81.2 Å². The molecule has 1 aromatic rings. The summed E-state index contributed by atoms with van der Waals surface area (Å²) in [7, 11) is 0. The Balaban J connectivity index is 2.74. The Morgan fingerprint density at radius 3 is 2.92 bits per heavy atom. The minimum Gasteiger partial charge on any atom is -0.291 e. The molecule has 0 atom stereocenters. The maximum absolute atomic E-state index is 10.7. The molecule has 0 saturated carbocycles. The molecule has 0 saturated heterocycles. The van der Waals surface area contributed by atoms with Crippen molar-refractivity contribution in [1.29, 1.82) is 0 Å². The summed E-state index contributed by atoms with van der Waals surface area (Å²) >= 11 is 5.73. The van der Waals surface area contributed by atoms with E-state index in [1.54, 1.807) is 18.2 Å². The van der Waals surface area contributed by atoms with Crippen molar-refractivity contribution in [2.75, 3.05) is 0 Å². The first kappa shape index (κ1) is 9.77. The van der Waals surface area contributed by atoms with Gasteiger partial charge in [0.25, 0.3) is 5.91 Å². The summed E-state index contributed by atoms with van der Waals surface area (Å²) in [6.45, 7) is 0. The summed E-state index contributed by atoms with van der Waals surface area (Å²) in [5, 5.41) is 0.635. The third-order valence-electron chi connectivity index (χ3n) is 1.42. The lowest BCUT2D eigenvalue weighted by Crippen LogP contribution is -2.27. The number of carbonyl (C=O) groups excluding carboxylic acids is 1. The fourth-order valence-electron chi connectivity index (χ4n) is 0.830. The van der Waals surface area contributed by atoms with E-state index in [1.807, 2.05) is 17.6 Å². The van der Waals surface area contributed by atoms with Gasteiger partial charge in [0.2, 0.25) is 0 Å². The monoisotopic (exact) mass is 196 g/mol. The topological polar surface area (TPSA) is 55.1 Å². The molecule has 0 aliphatic carbocycles.